The molecule has 0 saturated heterocycles. The number of rotatable bonds is 6. The average molecular weight is 392 g/mol. The molecule has 0 amide bonds. The molecule has 0 nitrogen and oxygen atoms in total. The van der Waals surface area contributed by atoms with Gasteiger partial charge in [0, 0.05) is 0 Å². The van der Waals surface area contributed by atoms with E-state index in [0.29, 0.717) is 0 Å². The van der Waals surface area contributed by atoms with Crippen LogP contribution in [0.25, 0.3) is 0 Å². The maximum absolute atomic E-state index is 6.71. The predicted molar refractivity (Wildman–Crippen MR) is 83.0 cm³/mol. The summed E-state index contributed by atoms with van der Waals surface area (Å²) in [4.78, 5) is 0. The molecule has 15 heavy (non-hydrogen) atoms. The molecule has 0 radical (unpaired) electrons. The second kappa shape index (κ2) is 6.12. The van der Waals surface area contributed by atoms with Gasteiger partial charge >= 0.3 is 110 Å². The van der Waals surface area contributed by atoms with Crippen LogP contribution < -0.4 is 0 Å². The molecule has 0 unspecified atom stereocenters. The zero-order valence-corrected chi connectivity index (χ0v) is 17.5. The monoisotopic (exact) mass is 392 g/mol. The second-order valence-electron chi connectivity index (χ2n) is 6.25. The third kappa shape index (κ3) is 7.69. The van der Waals surface area contributed by atoms with Gasteiger partial charge in [-0.15, -0.1) is 0 Å². The fourth-order valence-electron chi connectivity index (χ4n) is 1.71. The quantitative estimate of drug-likeness (QED) is 0.528. The number of hydrogen-bond donors (Lipinski definition) is 0. The number of halogens is 2. The van der Waals surface area contributed by atoms with Crippen LogP contribution in [0.1, 0.15) is 13.8 Å². The molecule has 0 rings (SSSR count). The fourth-order valence-corrected chi connectivity index (χ4v) is 66.1. The first-order valence-electron chi connectivity index (χ1n) is 5.91. The normalized spacial score (nSPS) is 14.4. The Balaban J connectivity index is 4.43. The van der Waals surface area contributed by atoms with E-state index >= 15 is 0 Å². The molecule has 0 heterocycles. The van der Waals surface area contributed by atoms with Crippen LogP contribution in [0.3, 0.4) is 0 Å². The minimum atomic E-state index is -2.71. The van der Waals surface area contributed by atoms with Gasteiger partial charge in [-0.2, -0.15) is 0 Å². The van der Waals surface area contributed by atoms with Crippen molar-refractivity contribution in [3.05, 3.63) is 0 Å². The van der Waals surface area contributed by atoms with Gasteiger partial charge in [0.15, 0.2) is 0 Å². The minimum absolute atomic E-state index is 1.07. The van der Waals surface area contributed by atoms with Crippen molar-refractivity contribution in [2.75, 3.05) is 0 Å². The Morgan fingerprint density at radius 3 is 1.27 bits per heavy atom. The Bertz CT molecular complexity index is 186. The van der Waals surface area contributed by atoms with Crippen molar-refractivity contribution in [3.63, 3.8) is 0 Å². The van der Waals surface area contributed by atoms with E-state index in [1.54, 1.807) is 0 Å². The van der Waals surface area contributed by atoms with E-state index in [0.717, 1.165) is 0 Å². The third-order valence-corrected chi connectivity index (χ3v) is 46.2. The summed E-state index contributed by atoms with van der Waals surface area (Å²) < 4.78 is 2.50. The molecular formula is C10H26Cl2Si2Sn. The Hall–Kier alpha value is 1.81. The molecule has 5 heteroatoms. The summed E-state index contributed by atoms with van der Waals surface area (Å²) in [5.74, 6) is 0. The molecule has 0 aromatic rings. The third-order valence-electron chi connectivity index (χ3n) is 3.39. The summed E-state index contributed by atoms with van der Waals surface area (Å²) in [7, 11) is 11.3. The van der Waals surface area contributed by atoms with Crippen LogP contribution in [0.2, 0.25) is 46.4 Å². The summed E-state index contributed by atoms with van der Waals surface area (Å²) in [6, 6.07) is 2.64. The first-order valence-corrected chi connectivity index (χ1v) is 24.0. The predicted octanol–water partition coefficient (Wildman–Crippen LogP) is 5.44. The van der Waals surface area contributed by atoms with E-state index in [9.17, 15) is 0 Å². The SMILES string of the molecule is CC[Si](C)(C)[CH2][Sn]([Cl])([Cl])[CH2][Si](C)(C)CC. The summed E-state index contributed by atoms with van der Waals surface area (Å²) in [6.07, 6.45) is 0. The first kappa shape index (κ1) is 16.8. The Morgan fingerprint density at radius 1 is 0.800 bits per heavy atom. The van der Waals surface area contributed by atoms with Gasteiger partial charge in [-0.25, -0.2) is 0 Å². The zero-order valence-electron chi connectivity index (χ0n) is 11.1. The Labute approximate surface area is 109 Å². The molecule has 0 atom stereocenters. The number of hydrogen-bond acceptors (Lipinski definition) is 0. The topological polar surface area (TPSA) is 0 Å². The van der Waals surface area contributed by atoms with Gasteiger partial charge in [0.1, 0.15) is 0 Å². The van der Waals surface area contributed by atoms with E-state index < -0.39 is 32.3 Å². The molecule has 0 aromatic heterocycles. The summed E-state index contributed by atoms with van der Waals surface area (Å²) >= 11 is -2.71. The summed E-state index contributed by atoms with van der Waals surface area (Å²) in [5, 5.41) is 0. The summed E-state index contributed by atoms with van der Waals surface area (Å²) in [5.41, 5.74) is 0. The standard InChI is InChI=1S/2C5H13Si.2ClH.Sn/c2*1-5-6(2,3)4;;;/h2*2,5H2,1,3-4H3;2*1H;/q;;;;+2/p-2. The van der Waals surface area contributed by atoms with Crippen LogP contribution in [0.15, 0.2) is 0 Å². The fraction of sp³-hybridized carbons (Fsp3) is 1.00. The van der Waals surface area contributed by atoms with Crippen molar-refractivity contribution in [1.82, 2.24) is 0 Å². The van der Waals surface area contributed by atoms with Gasteiger partial charge in [0.05, 0.1) is 0 Å². The average Bonchev–Trinajstić information content (AvgIpc) is 2.00. The molecule has 0 aliphatic heterocycles. The molecule has 0 N–H and O–H groups in total. The molecule has 0 aliphatic carbocycles. The molecule has 0 bridgehead atoms. The van der Waals surface area contributed by atoms with Crippen molar-refractivity contribution in [1.29, 1.82) is 0 Å². The second-order valence-corrected chi connectivity index (χ2v) is 39.0. The van der Waals surface area contributed by atoms with Crippen LogP contribution in [0.5, 0.6) is 0 Å². The van der Waals surface area contributed by atoms with Gasteiger partial charge < -0.3 is 0 Å². The molecule has 0 fully saturated rings. The maximum atomic E-state index is 6.71. The van der Waals surface area contributed by atoms with Crippen molar-refractivity contribution >= 4 is 50.1 Å². The molecule has 0 aliphatic rings. The molecule has 0 aromatic carbocycles. The van der Waals surface area contributed by atoms with E-state index in [4.69, 9.17) is 17.8 Å². The van der Waals surface area contributed by atoms with E-state index in [2.05, 4.69) is 40.0 Å². The van der Waals surface area contributed by atoms with Gasteiger partial charge in [-0.1, -0.05) is 0 Å². The van der Waals surface area contributed by atoms with Crippen LogP contribution in [-0.4, -0.2) is 32.3 Å². The van der Waals surface area contributed by atoms with Gasteiger partial charge in [0.25, 0.3) is 0 Å². The molecular weight excluding hydrogens is 366 g/mol. The van der Waals surface area contributed by atoms with E-state index in [-0.39, 0.29) is 0 Å². The van der Waals surface area contributed by atoms with Crippen LogP contribution >= 0.6 is 17.8 Å². The van der Waals surface area contributed by atoms with Crippen LogP contribution in [0, 0.1) is 0 Å². The van der Waals surface area contributed by atoms with Crippen molar-refractivity contribution in [3.8, 4) is 0 Å². The van der Waals surface area contributed by atoms with E-state index in [1.807, 2.05) is 0 Å². The molecule has 92 valence electrons. The Kier molecular flexibility index (Phi) is 6.86. The van der Waals surface area contributed by atoms with Crippen molar-refractivity contribution in [2.24, 2.45) is 0 Å². The van der Waals surface area contributed by atoms with Crippen LogP contribution in [-0.2, 0) is 0 Å². The van der Waals surface area contributed by atoms with Crippen LogP contribution in [0.4, 0.5) is 0 Å². The first-order chi connectivity index (χ1) is 6.54. The van der Waals surface area contributed by atoms with Gasteiger partial charge in [-0.05, 0) is 0 Å². The zero-order chi connectivity index (χ0) is 12.3. The Morgan fingerprint density at radius 2 is 1.07 bits per heavy atom. The van der Waals surface area contributed by atoms with Crippen molar-refractivity contribution < 1.29 is 0 Å². The molecule has 0 saturated carbocycles. The van der Waals surface area contributed by atoms with Gasteiger partial charge in [0.2, 0.25) is 0 Å². The van der Waals surface area contributed by atoms with Crippen molar-refractivity contribution in [2.45, 2.75) is 60.2 Å². The van der Waals surface area contributed by atoms with Gasteiger partial charge in [-0.3, -0.25) is 0 Å². The summed E-state index contributed by atoms with van der Waals surface area (Å²) in [6.45, 7) is 14.3. The molecule has 0 spiro atoms. The van der Waals surface area contributed by atoms with E-state index in [1.165, 1.54) is 20.2 Å².